The fraction of sp³-hybridized carbons (Fsp3) is 0.286. The van der Waals surface area contributed by atoms with Crippen molar-refractivity contribution in [3.63, 3.8) is 0 Å². The van der Waals surface area contributed by atoms with E-state index in [1.807, 2.05) is 43.3 Å². The van der Waals surface area contributed by atoms with Crippen LogP contribution in [0.3, 0.4) is 0 Å². The van der Waals surface area contributed by atoms with Gasteiger partial charge in [0, 0.05) is 13.1 Å². The molecule has 0 unspecified atom stereocenters. The highest BCUT2D eigenvalue weighted by atomic mass is 32.2. The van der Waals surface area contributed by atoms with E-state index in [-0.39, 0.29) is 17.3 Å². The van der Waals surface area contributed by atoms with Crippen molar-refractivity contribution >= 4 is 27.5 Å². The molecular formula is C28H33N3O4S. The number of hydrogen-bond acceptors (Lipinski definition) is 4. The van der Waals surface area contributed by atoms with Gasteiger partial charge in [0.25, 0.3) is 10.0 Å². The van der Waals surface area contributed by atoms with Crippen LogP contribution in [0.1, 0.15) is 25.0 Å². The standard InChI is InChI=1S/C28H33N3O4S/c1-4-29-28(33)23(3)30(20-19-24-14-7-5-8-15-24)27(32)21-31(26-18-12-11-13-22(26)2)36(34,35)25-16-9-6-10-17-25/h5-18,23H,4,19-21H2,1-3H3,(H,29,33)/t23-/m1/s1. The summed E-state index contributed by atoms with van der Waals surface area (Å²) in [7, 11) is -4.04. The largest absolute Gasteiger partial charge is 0.355 e. The van der Waals surface area contributed by atoms with Gasteiger partial charge in [-0.05, 0) is 56.5 Å². The van der Waals surface area contributed by atoms with Gasteiger partial charge in [-0.1, -0.05) is 66.7 Å². The molecule has 190 valence electrons. The molecule has 0 aromatic heterocycles. The van der Waals surface area contributed by atoms with E-state index < -0.39 is 28.5 Å². The van der Waals surface area contributed by atoms with E-state index in [0.29, 0.717) is 18.7 Å². The molecule has 1 N–H and O–H groups in total. The van der Waals surface area contributed by atoms with Crippen LogP contribution in [0.4, 0.5) is 5.69 Å². The molecule has 0 saturated heterocycles. The van der Waals surface area contributed by atoms with E-state index in [1.54, 1.807) is 50.2 Å². The molecule has 0 aliphatic carbocycles. The van der Waals surface area contributed by atoms with Crippen molar-refractivity contribution in [2.75, 3.05) is 23.9 Å². The Hall–Kier alpha value is -3.65. The number of carbonyl (C=O) groups is 2. The zero-order valence-electron chi connectivity index (χ0n) is 20.9. The second-order valence-corrected chi connectivity index (χ2v) is 10.4. The molecule has 7 nitrogen and oxygen atoms in total. The number of sulfonamides is 1. The van der Waals surface area contributed by atoms with Gasteiger partial charge < -0.3 is 10.2 Å². The molecule has 2 amide bonds. The highest BCUT2D eigenvalue weighted by molar-refractivity contribution is 7.92. The van der Waals surface area contributed by atoms with Crippen LogP contribution >= 0.6 is 0 Å². The van der Waals surface area contributed by atoms with Gasteiger partial charge in [-0.25, -0.2) is 8.42 Å². The second-order valence-electron chi connectivity index (χ2n) is 8.50. The number of hydrogen-bond donors (Lipinski definition) is 1. The normalized spacial score (nSPS) is 12.0. The summed E-state index contributed by atoms with van der Waals surface area (Å²) in [5.41, 5.74) is 2.16. The maximum Gasteiger partial charge on any atom is 0.264 e. The Morgan fingerprint density at radius 3 is 2.08 bits per heavy atom. The number of aryl methyl sites for hydroxylation is 1. The summed E-state index contributed by atoms with van der Waals surface area (Å²) in [6, 6.07) is 24.0. The summed E-state index contributed by atoms with van der Waals surface area (Å²) >= 11 is 0. The fourth-order valence-electron chi connectivity index (χ4n) is 3.97. The van der Waals surface area contributed by atoms with Crippen molar-refractivity contribution in [2.45, 2.75) is 38.1 Å². The number of benzene rings is 3. The highest BCUT2D eigenvalue weighted by Gasteiger charge is 2.32. The molecule has 0 saturated carbocycles. The summed E-state index contributed by atoms with van der Waals surface area (Å²) in [6.45, 7) is 5.55. The summed E-state index contributed by atoms with van der Waals surface area (Å²) < 4.78 is 28.5. The van der Waals surface area contributed by atoms with Crippen LogP contribution in [0.25, 0.3) is 0 Å². The number of anilines is 1. The van der Waals surface area contributed by atoms with E-state index >= 15 is 0 Å². The molecule has 0 aliphatic heterocycles. The van der Waals surface area contributed by atoms with Crippen molar-refractivity contribution in [3.8, 4) is 0 Å². The number of nitrogens with zero attached hydrogens (tertiary/aromatic N) is 2. The van der Waals surface area contributed by atoms with Gasteiger partial charge in [-0.3, -0.25) is 13.9 Å². The molecule has 3 aromatic carbocycles. The van der Waals surface area contributed by atoms with Crippen molar-refractivity contribution in [1.82, 2.24) is 10.2 Å². The number of para-hydroxylation sites is 1. The lowest BCUT2D eigenvalue weighted by molar-refractivity contribution is -0.138. The summed E-state index contributed by atoms with van der Waals surface area (Å²) in [5, 5.41) is 2.76. The Morgan fingerprint density at radius 2 is 1.47 bits per heavy atom. The molecule has 1 atom stereocenters. The molecular weight excluding hydrogens is 474 g/mol. The predicted octanol–water partition coefficient (Wildman–Crippen LogP) is 3.79. The molecule has 0 fully saturated rings. The summed E-state index contributed by atoms with van der Waals surface area (Å²) in [5.74, 6) is -0.736. The number of rotatable bonds is 11. The third-order valence-electron chi connectivity index (χ3n) is 6.00. The van der Waals surface area contributed by atoms with Gasteiger partial charge >= 0.3 is 0 Å². The van der Waals surface area contributed by atoms with Crippen molar-refractivity contribution < 1.29 is 18.0 Å². The Labute approximate surface area is 213 Å². The van der Waals surface area contributed by atoms with E-state index in [4.69, 9.17) is 0 Å². The maximum absolute atomic E-state index is 13.7. The molecule has 0 heterocycles. The Bertz CT molecular complexity index is 1260. The van der Waals surface area contributed by atoms with Crippen LogP contribution in [0.2, 0.25) is 0 Å². The van der Waals surface area contributed by atoms with Gasteiger partial charge in [-0.15, -0.1) is 0 Å². The van der Waals surface area contributed by atoms with Gasteiger partial charge in [0.05, 0.1) is 10.6 Å². The molecule has 0 spiro atoms. The first kappa shape index (κ1) is 26.9. The van der Waals surface area contributed by atoms with Crippen molar-refractivity contribution in [3.05, 3.63) is 96.1 Å². The predicted molar refractivity (Wildman–Crippen MR) is 142 cm³/mol. The third kappa shape index (κ3) is 6.51. The maximum atomic E-state index is 13.7. The SMILES string of the molecule is CCNC(=O)[C@@H](C)N(CCc1ccccc1)C(=O)CN(c1ccccc1C)S(=O)(=O)c1ccccc1. The van der Waals surface area contributed by atoms with Gasteiger partial charge in [0.2, 0.25) is 11.8 Å². The quantitative estimate of drug-likeness (QED) is 0.428. The Kier molecular flexibility index (Phi) is 9.25. The number of carbonyl (C=O) groups excluding carboxylic acids is 2. The van der Waals surface area contributed by atoms with Crippen LogP contribution in [-0.4, -0.2) is 50.8 Å². The Morgan fingerprint density at radius 1 is 0.889 bits per heavy atom. The molecule has 0 aliphatic rings. The topological polar surface area (TPSA) is 86.8 Å². The van der Waals surface area contributed by atoms with Gasteiger partial charge in [0.15, 0.2) is 0 Å². The first-order valence-electron chi connectivity index (χ1n) is 12.0. The van der Waals surface area contributed by atoms with Crippen LogP contribution in [0, 0.1) is 6.92 Å². The number of amides is 2. The monoisotopic (exact) mass is 507 g/mol. The van der Waals surface area contributed by atoms with Crippen LogP contribution in [0.15, 0.2) is 89.8 Å². The summed E-state index contributed by atoms with van der Waals surface area (Å²) in [6.07, 6.45) is 0.534. The molecule has 0 radical (unpaired) electrons. The molecule has 8 heteroatoms. The average molecular weight is 508 g/mol. The first-order valence-corrected chi connectivity index (χ1v) is 13.4. The minimum absolute atomic E-state index is 0.0914. The van der Waals surface area contributed by atoms with Crippen molar-refractivity contribution in [2.24, 2.45) is 0 Å². The second kappa shape index (κ2) is 12.4. The Balaban J connectivity index is 1.97. The summed E-state index contributed by atoms with van der Waals surface area (Å²) in [4.78, 5) is 28.0. The van der Waals surface area contributed by atoms with Crippen LogP contribution in [-0.2, 0) is 26.0 Å². The lowest BCUT2D eigenvalue weighted by atomic mass is 10.1. The van der Waals surface area contributed by atoms with Crippen LogP contribution < -0.4 is 9.62 Å². The minimum atomic E-state index is -4.04. The number of nitrogens with one attached hydrogen (secondary N) is 1. The van der Waals surface area contributed by atoms with E-state index in [1.165, 1.54) is 17.0 Å². The van der Waals surface area contributed by atoms with Crippen LogP contribution in [0.5, 0.6) is 0 Å². The van der Waals surface area contributed by atoms with Crippen molar-refractivity contribution in [1.29, 1.82) is 0 Å². The molecule has 3 aromatic rings. The number of likely N-dealkylation sites (N-methyl/N-ethyl adjacent to an activating group) is 1. The highest BCUT2D eigenvalue weighted by Crippen LogP contribution is 2.27. The van der Waals surface area contributed by atoms with Gasteiger partial charge in [0.1, 0.15) is 12.6 Å². The van der Waals surface area contributed by atoms with Gasteiger partial charge in [-0.2, -0.15) is 0 Å². The zero-order valence-corrected chi connectivity index (χ0v) is 21.7. The van der Waals surface area contributed by atoms with E-state index in [0.717, 1.165) is 15.4 Å². The lowest BCUT2D eigenvalue weighted by Gasteiger charge is -2.32. The molecule has 3 rings (SSSR count). The van der Waals surface area contributed by atoms with E-state index in [9.17, 15) is 18.0 Å². The smallest absolute Gasteiger partial charge is 0.264 e. The molecule has 36 heavy (non-hydrogen) atoms. The first-order chi connectivity index (χ1) is 17.3. The molecule has 0 bridgehead atoms. The fourth-order valence-corrected chi connectivity index (χ4v) is 5.47. The average Bonchev–Trinajstić information content (AvgIpc) is 2.89. The lowest BCUT2D eigenvalue weighted by Crippen LogP contribution is -2.52. The zero-order chi connectivity index (χ0) is 26.1. The third-order valence-corrected chi connectivity index (χ3v) is 7.77. The van der Waals surface area contributed by atoms with E-state index in [2.05, 4.69) is 5.32 Å². The minimum Gasteiger partial charge on any atom is -0.355 e.